The molecule has 18 heavy (non-hydrogen) atoms. The number of aromatic nitrogens is 1. The van der Waals surface area contributed by atoms with Gasteiger partial charge in [0.2, 0.25) is 0 Å². The summed E-state index contributed by atoms with van der Waals surface area (Å²) in [5.41, 5.74) is 2.54. The van der Waals surface area contributed by atoms with E-state index in [4.69, 9.17) is 0 Å². The van der Waals surface area contributed by atoms with Crippen molar-refractivity contribution in [1.29, 1.82) is 0 Å². The molecule has 3 heteroatoms. The molecule has 0 aliphatic carbocycles. The molecule has 1 unspecified atom stereocenters. The Hall–Kier alpha value is -1.58. The van der Waals surface area contributed by atoms with Crippen molar-refractivity contribution in [2.24, 2.45) is 0 Å². The largest absolute Gasteiger partial charge is 0.361 e. The van der Waals surface area contributed by atoms with E-state index in [0.717, 1.165) is 26.2 Å². The molecule has 3 nitrogen and oxygen atoms in total. The molecule has 0 radical (unpaired) electrons. The molecule has 1 aliphatic rings. The predicted molar refractivity (Wildman–Crippen MR) is 75.7 cm³/mol. The van der Waals surface area contributed by atoms with E-state index in [1.807, 2.05) is 0 Å². The molecule has 3 rings (SSSR count). The van der Waals surface area contributed by atoms with Gasteiger partial charge in [0.1, 0.15) is 0 Å². The molecule has 2 aromatic rings. The van der Waals surface area contributed by atoms with Gasteiger partial charge in [-0.15, -0.1) is 6.58 Å². The van der Waals surface area contributed by atoms with E-state index in [1.54, 1.807) is 0 Å². The molecule has 1 atom stereocenters. The average molecular weight is 241 g/mol. The molecular formula is C15H19N3. The first-order valence-electron chi connectivity index (χ1n) is 6.53. The summed E-state index contributed by atoms with van der Waals surface area (Å²) in [6.45, 7) is 8.31. The number of fused-ring (bicyclic) bond motifs is 1. The van der Waals surface area contributed by atoms with Gasteiger partial charge in [0.05, 0.1) is 6.04 Å². The summed E-state index contributed by atoms with van der Waals surface area (Å²) in [5, 5.41) is 4.70. The molecule has 2 heterocycles. The van der Waals surface area contributed by atoms with Crippen molar-refractivity contribution in [3.8, 4) is 0 Å². The van der Waals surface area contributed by atoms with Gasteiger partial charge >= 0.3 is 0 Å². The van der Waals surface area contributed by atoms with Crippen LogP contribution in [0.2, 0.25) is 0 Å². The number of nitrogens with zero attached hydrogens (tertiary/aromatic N) is 1. The van der Waals surface area contributed by atoms with Crippen molar-refractivity contribution in [2.45, 2.75) is 6.04 Å². The number of nitrogens with one attached hydrogen (secondary N) is 2. The highest BCUT2D eigenvalue weighted by molar-refractivity contribution is 5.83. The summed E-state index contributed by atoms with van der Waals surface area (Å²) >= 11 is 0. The highest BCUT2D eigenvalue weighted by Gasteiger charge is 2.21. The molecular weight excluding hydrogens is 222 g/mol. The molecule has 1 aromatic heterocycles. The van der Waals surface area contributed by atoms with Crippen LogP contribution in [-0.4, -0.2) is 36.1 Å². The van der Waals surface area contributed by atoms with Crippen LogP contribution < -0.4 is 5.32 Å². The van der Waals surface area contributed by atoms with Gasteiger partial charge in [-0.3, -0.25) is 4.90 Å². The van der Waals surface area contributed by atoms with Gasteiger partial charge in [0, 0.05) is 43.3 Å². The van der Waals surface area contributed by atoms with E-state index in [0.29, 0.717) is 6.04 Å². The molecule has 2 N–H and O–H groups in total. The van der Waals surface area contributed by atoms with Crippen LogP contribution in [0.1, 0.15) is 11.6 Å². The Morgan fingerprint density at radius 3 is 2.78 bits per heavy atom. The standard InChI is InChI=1S/C15H19N3/c1-2-15(18-9-7-16-8-10-18)13-11-17-14-6-4-3-5-12(13)14/h2-6,11,15-17H,1,7-10H2. The SMILES string of the molecule is C=CC(c1c[nH]c2ccccc12)N1CCNCC1. The number of hydrogen-bond acceptors (Lipinski definition) is 2. The fourth-order valence-electron chi connectivity index (χ4n) is 2.77. The fourth-order valence-corrected chi connectivity index (χ4v) is 2.77. The number of hydrogen-bond donors (Lipinski definition) is 2. The number of para-hydroxylation sites is 1. The average Bonchev–Trinajstić information content (AvgIpc) is 2.85. The minimum absolute atomic E-state index is 0.309. The zero-order valence-corrected chi connectivity index (χ0v) is 10.5. The summed E-state index contributed by atoms with van der Waals surface area (Å²) in [7, 11) is 0. The molecule has 0 bridgehead atoms. The maximum Gasteiger partial charge on any atom is 0.0551 e. The van der Waals surface area contributed by atoms with E-state index in [1.165, 1.54) is 16.5 Å². The Labute approximate surface area is 107 Å². The maximum absolute atomic E-state index is 4.02. The summed E-state index contributed by atoms with van der Waals surface area (Å²) in [6.07, 6.45) is 4.18. The number of piperazine rings is 1. The molecule has 1 aliphatic heterocycles. The second-order valence-corrected chi connectivity index (χ2v) is 4.76. The Bertz CT molecular complexity index is 537. The van der Waals surface area contributed by atoms with Crippen LogP contribution in [0.4, 0.5) is 0 Å². The summed E-state index contributed by atoms with van der Waals surface area (Å²) < 4.78 is 0. The third-order valence-corrected chi connectivity index (χ3v) is 3.71. The van der Waals surface area contributed by atoms with Crippen LogP contribution in [0.3, 0.4) is 0 Å². The van der Waals surface area contributed by atoms with Gasteiger partial charge in [-0.25, -0.2) is 0 Å². The highest BCUT2D eigenvalue weighted by Crippen LogP contribution is 2.29. The predicted octanol–water partition coefficient (Wildman–Crippen LogP) is 2.30. The number of H-pyrrole nitrogens is 1. The summed E-state index contributed by atoms with van der Waals surface area (Å²) in [4.78, 5) is 5.84. The quantitative estimate of drug-likeness (QED) is 0.808. The van der Waals surface area contributed by atoms with Crippen LogP contribution in [0.25, 0.3) is 10.9 Å². The maximum atomic E-state index is 4.02. The first kappa shape index (κ1) is 11.5. The van der Waals surface area contributed by atoms with Crippen molar-refractivity contribution in [3.05, 3.63) is 48.7 Å². The lowest BCUT2D eigenvalue weighted by Crippen LogP contribution is -2.44. The lowest BCUT2D eigenvalue weighted by atomic mass is 10.0. The smallest absolute Gasteiger partial charge is 0.0551 e. The van der Waals surface area contributed by atoms with E-state index in [-0.39, 0.29) is 0 Å². The van der Waals surface area contributed by atoms with Crippen LogP contribution in [0.5, 0.6) is 0 Å². The van der Waals surface area contributed by atoms with Gasteiger partial charge in [-0.05, 0) is 11.6 Å². The minimum atomic E-state index is 0.309. The van der Waals surface area contributed by atoms with Gasteiger partial charge in [-0.1, -0.05) is 24.3 Å². The van der Waals surface area contributed by atoms with Crippen LogP contribution in [0, 0.1) is 0 Å². The number of benzene rings is 1. The van der Waals surface area contributed by atoms with Crippen LogP contribution >= 0.6 is 0 Å². The second-order valence-electron chi connectivity index (χ2n) is 4.76. The van der Waals surface area contributed by atoms with Crippen molar-refractivity contribution in [3.63, 3.8) is 0 Å². The van der Waals surface area contributed by atoms with E-state index < -0.39 is 0 Å². The number of aromatic amines is 1. The highest BCUT2D eigenvalue weighted by atomic mass is 15.2. The lowest BCUT2D eigenvalue weighted by Gasteiger charge is -2.33. The molecule has 0 saturated carbocycles. The minimum Gasteiger partial charge on any atom is -0.361 e. The van der Waals surface area contributed by atoms with Crippen molar-refractivity contribution in [1.82, 2.24) is 15.2 Å². The molecule has 1 saturated heterocycles. The topological polar surface area (TPSA) is 31.1 Å². The fraction of sp³-hybridized carbons (Fsp3) is 0.333. The molecule has 94 valence electrons. The zero-order chi connectivity index (χ0) is 12.4. The molecule has 1 aromatic carbocycles. The third kappa shape index (κ3) is 1.96. The van der Waals surface area contributed by atoms with Crippen molar-refractivity contribution in [2.75, 3.05) is 26.2 Å². The third-order valence-electron chi connectivity index (χ3n) is 3.71. The van der Waals surface area contributed by atoms with E-state index >= 15 is 0 Å². The Morgan fingerprint density at radius 1 is 1.22 bits per heavy atom. The van der Waals surface area contributed by atoms with Gasteiger partial charge in [0.15, 0.2) is 0 Å². The van der Waals surface area contributed by atoms with Gasteiger partial charge < -0.3 is 10.3 Å². The van der Waals surface area contributed by atoms with Crippen LogP contribution in [0.15, 0.2) is 43.1 Å². The molecule has 1 fully saturated rings. The van der Waals surface area contributed by atoms with Crippen molar-refractivity contribution >= 4 is 10.9 Å². The van der Waals surface area contributed by atoms with Gasteiger partial charge in [0.25, 0.3) is 0 Å². The Morgan fingerprint density at radius 2 is 2.00 bits per heavy atom. The molecule has 0 spiro atoms. The van der Waals surface area contributed by atoms with Gasteiger partial charge in [-0.2, -0.15) is 0 Å². The van der Waals surface area contributed by atoms with Crippen molar-refractivity contribution < 1.29 is 0 Å². The monoisotopic (exact) mass is 241 g/mol. The molecule has 0 amide bonds. The van der Waals surface area contributed by atoms with Crippen LogP contribution in [-0.2, 0) is 0 Å². The first-order chi connectivity index (χ1) is 8.90. The normalized spacial score (nSPS) is 18.9. The second kappa shape index (κ2) is 4.96. The zero-order valence-electron chi connectivity index (χ0n) is 10.5. The summed E-state index contributed by atoms with van der Waals surface area (Å²) in [5.74, 6) is 0. The van der Waals surface area contributed by atoms with E-state index in [2.05, 4.69) is 58.3 Å². The Balaban J connectivity index is 1.97. The van der Waals surface area contributed by atoms with E-state index in [9.17, 15) is 0 Å². The first-order valence-corrected chi connectivity index (χ1v) is 6.53. The number of rotatable bonds is 3. The lowest BCUT2D eigenvalue weighted by molar-refractivity contribution is 0.204. The Kier molecular flexibility index (Phi) is 3.17. The summed E-state index contributed by atoms with van der Waals surface area (Å²) in [6, 6.07) is 8.77.